The smallest absolute Gasteiger partial charge is 0.0808 e. The highest BCUT2D eigenvalue weighted by molar-refractivity contribution is 5.76. The van der Waals surface area contributed by atoms with Crippen LogP contribution in [0.5, 0.6) is 0 Å². The molecule has 0 aliphatic rings. The van der Waals surface area contributed by atoms with E-state index in [0.29, 0.717) is 0 Å². The fourth-order valence-electron chi connectivity index (χ4n) is 1.46. The second-order valence-electron chi connectivity index (χ2n) is 3.62. The summed E-state index contributed by atoms with van der Waals surface area (Å²) in [6.07, 6.45) is 3.59. The van der Waals surface area contributed by atoms with Gasteiger partial charge in [-0.1, -0.05) is 36.4 Å². The third kappa shape index (κ3) is 2.76. The Morgan fingerprint density at radius 3 is 2.50 bits per heavy atom. The number of benzene rings is 1. The molecule has 0 unspecified atom stereocenters. The summed E-state index contributed by atoms with van der Waals surface area (Å²) in [5, 5.41) is 0. The molecule has 0 saturated carbocycles. The highest BCUT2D eigenvalue weighted by Gasteiger charge is 2.00. The van der Waals surface area contributed by atoms with Crippen LogP contribution in [-0.4, -0.2) is 11.2 Å². The number of pyridine rings is 1. The van der Waals surface area contributed by atoms with Crippen molar-refractivity contribution in [1.29, 1.82) is 0 Å². The van der Waals surface area contributed by atoms with E-state index in [4.69, 9.17) is 0 Å². The van der Waals surface area contributed by atoms with Crippen LogP contribution in [0.2, 0.25) is 0 Å². The summed E-state index contributed by atoms with van der Waals surface area (Å²) < 4.78 is 0. The molecule has 0 fully saturated rings. The average molecular weight is 210 g/mol. The average Bonchev–Trinajstić information content (AvgIpc) is 2.38. The lowest BCUT2D eigenvalue weighted by atomic mass is 10.1. The van der Waals surface area contributed by atoms with E-state index in [2.05, 4.69) is 29.0 Å². The van der Waals surface area contributed by atoms with E-state index in [9.17, 15) is 0 Å². The molecule has 0 spiro atoms. The van der Waals surface area contributed by atoms with Gasteiger partial charge in [0.2, 0.25) is 0 Å². The minimum absolute atomic E-state index is 0.170. The van der Waals surface area contributed by atoms with Crippen LogP contribution >= 0.6 is 0 Å². The normalized spacial score (nSPS) is 12.8. The van der Waals surface area contributed by atoms with E-state index in [1.807, 2.05) is 42.6 Å². The first-order valence-electron chi connectivity index (χ1n) is 5.35. The van der Waals surface area contributed by atoms with E-state index in [-0.39, 0.29) is 6.04 Å². The summed E-state index contributed by atoms with van der Waals surface area (Å²) in [6, 6.07) is 16.2. The standard InChI is InChI=1S/C14H14N2/c1-12(13-7-3-2-4-8-13)16-11-14-9-5-6-10-15-14/h2-12H,1H3/b16-11+/t12-/m0/s1. The quantitative estimate of drug-likeness (QED) is 0.714. The molecule has 80 valence electrons. The largest absolute Gasteiger partial charge is 0.283 e. The van der Waals surface area contributed by atoms with Crippen molar-refractivity contribution in [1.82, 2.24) is 4.98 Å². The van der Waals surface area contributed by atoms with Gasteiger partial charge in [-0.05, 0) is 24.6 Å². The Hall–Kier alpha value is -1.96. The van der Waals surface area contributed by atoms with E-state index >= 15 is 0 Å². The summed E-state index contributed by atoms with van der Waals surface area (Å²) >= 11 is 0. The van der Waals surface area contributed by atoms with Gasteiger partial charge in [-0.2, -0.15) is 0 Å². The summed E-state index contributed by atoms with van der Waals surface area (Å²) in [5.74, 6) is 0. The van der Waals surface area contributed by atoms with E-state index in [1.54, 1.807) is 6.20 Å². The van der Waals surface area contributed by atoms with Crippen molar-refractivity contribution < 1.29 is 0 Å². The maximum absolute atomic E-state index is 4.48. The Bertz CT molecular complexity index is 449. The van der Waals surface area contributed by atoms with Crippen molar-refractivity contribution in [3.8, 4) is 0 Å². The van der Waals surface area contributed by atoms with Crippen molar-refractivity contribution in [2.75, 3.05) is 0 Å². The Kier molecular flexibility index (Phi) is 3.44. The van der Waals surface area contributed by atoms with Crippen LogP contribution in [0.25, 0.3) is 0 Å². The van der Waals surface area contributed by atoms with Crippen LogP contribution in [-0.2, 0) is 0 Å². The molecule has 2 heteroatoms. The lowest BCUT2D eigenvalue weighted by Crippen LogP contribution is -1.91. The second-order valence-corrected chi connectivity index (χ2v) is 3.62. The fraction of sp³-hybridized carbons (Fsp3) is 0.143. The van der Waals surface area contributed by atoms with Crippen LogP contribution in [0.1, 0.15) is 24.2 Å². The third-order valence-electron chi connectivity index (χ3n) is 2.40. The van der Waals surface area contributed by atoms with Gasteiger partial charge in [-0.3, -0.25) is 9.98 Å². The minimum atomic E-state index is 0.170. The minimum Gasteiger partial charge on any atom is -0.283 e. The molecule has 2 nitrogen and oxygen atoms in total. The molecule has 1 heterocycles. The van der Waals surface area contributed by atoms with Crippen LogP contribution in [0, 0.1) is 0 Å². The van der Waals surface area contributed by atoms with Gasteiger partial charge in [0.25, 0.3) is 0 Å². The Labute approximate surface area is 95.7 Å². The van der Waals surface area contributed by atoms with Crippen molar-refractivity contribution in [3.05, 3.63) is 66.0 Å². The number of aliphatic imine (C=N–C) groups is 1. The van der Waals surface area contributed by atoms with Crippen LogP contribution in [0.15, 0.2) is 59.7 Å². The molecule has 0 N–H and O–H groups in total. The van der Waals surface area contributed by atoms with Gasteiger partial charge in [0.15, 0.2) is 0 Å². The molecule has 1 atom stereocenters. The van der Waals surface area contributed by atoms with Gasteiger partial charge >= 0.3 is 0 Å². The maximum atomic E-state index is 4.48. The predicted molar refractivity (Wildman–Crippen MR) is 66.7 cm³/mol. The molecular formula is C14H14N2. The number of rotatable bonds is 3. The van der Waals surface area contributed by atoms with Gasteiger partial charge < -0.3 is 0 Å². The third-order valence-corrected chi connectivity index (χ3v) is 2.40. The molecule has 0 amide bonds. The van der Waals surface area contributed by atoms with Crippen LogP contribution in [0.3, 0.4) is 0 Å². The highest BCUT2D eigenvalue weighted by Crippen LogP contribution is 2.15. The fourth-order valence-corrected chi connectivity index (χ4v) is 1.46. The number of aromatic nitrogens is 1. The van der Waals surface area contributed by atoms with Crippen LogP contribution < -0.4 is 0 Å². The molecule has 0 aliphatic carbocycles. The molecular weight excluding hydrogens is 196 g/mol. The topological polar surface area (TPSA) is 25.2 Å². The Morgan fingerprint density at radius 2 is 1.81 bits per heavy atom. The molecule has 1 aromatic carbocycles. The van der Waals surface area contributed by atoms with Gasteiger partial charge in [0, 0.05) is 12.4 Å². The van der Waals surface area contributed by atoms with E-state index in [1.165, 1.54) is 5.56 Å². The van der Waals surface area contributed by atoms with Gasteiger partial charge in [0.1, 0.15) is 0 Å². The highest BCUT2D eigenvalue weighted by atomic mass is 14.8. The first-order chi connectivity index (χ1) is 7.86. The second kappa shape index (κ2) is 5.21. The zero-order valence-corrected chi connectivity index (χ0v) is 9.25. The molecule has 0 radical (unpaired) electrons. The monoisotopic (exact) mass is 210 g/mol. The Morgan fingerprint density at radius 1 is 1.06 bits per heavy atom. The van der Waals surface area contributed by atoms with E-state index in [0.717, 1.165) is 5.69 Å². The van der Waals surface area contributed by atoms with Gasteiger partial charge in [-0.15, -0.1) is 0 Å². The lowest BCUT2D eigenvalue weighted by molar-refractivity contribution is 0.824. The Balaban J connectivity index is 2.08. The van der Waals surface area contributed by atoms with Gasteiger partial charge in [-0.25, -0.2) is 0 Å². The maximum Gasteiger partial charge on any atom is 0.0808 e. The van der Waals surface area contributed by atoms with Crippen LogP contribution in [0.4, 0.5) is 0 Å². The number of hydrogen-bond acceptors (Lipinski definition) is 2. The van der Waals surface area contributed by atoms with Crippen molar-refractivity contribution >= 4 is 6.21 Å². The van der Waals surface area contributed by atoms with Crippen molar-refractivity contribution in [3.63, 3.8) is 0 Å². The molecule has 1 aromatic heterocycles. The molecule has 0 saturated heterocycles. The zero-order valence-electron chi connectivity index (χ0n) is 9.25. The first-order valence-corrected chi connectivity index (χ1v) is 5.35. The molecule has 16 heavy (non-hydrogen) atoms. The molecule has 2 rings (SSSR count). The van der Waals surface area contributed by atoms with Gasteiger partial charge in [0.05, 0.1) is 11.7 Å². The molecule has 0 aliphatic heterocycles. The summed E-state index contributed by atoms with van der Waals surface area (Å²) in [7, 11) is 0. The summed E-state index contributed by atoms with van der Waals surface area (Å²) in [5.41, 5.74) is 2.11. The summed E-state index contributed by atoms with van der Waals surface area (Å²) in [4.78, 5) is 8.67. The predicted octanol–water partition coefficient (Wildman–Crippen LogP) is 3.26. The zero-order chi connectivity index (χ0) is 11.2. The summed E-state index contributed by atoms with van der Waals surface area (Å²) in [6.45, 7) is 2.08. The lowest BCUT2D eigenvalue weighted by Gasteiger charge is -2.05. The van der Waals surface area contributed by atoms with E-state index < -0.39 is 0 Å². The SMILES string of the molecule is C[C@H](/N=C/c1ccccn1)c1ccccc1. The first kappa shape index (κ1) is 10.6. The number of nitrogens with zero attached hydrogens (tertiary/aromatic N) is 2. The molecule has 2 aromatic rings. The van der Waals surface area contributed by atoms with Crippen molar-refractivity contribution in [2.45, 2.75) is 13.0 Å². The van der Waals surface area contributed by atoms with Crippen molar-refractivity contribution in [2.24, 2.45) is 4.99 Å². The number of hydrogen-bond donors (Lipinski definition) is 0. The molecule has 0 bridgehead atoms.